The maximum Gasteiger partial charge on any atom is 0.338 e. The van der Waals surface area contributed by atoms with Crippen LogP contribution in [0.25, 0.3) is 11.8 Å². The number of carbonyl (C=O) groups is 1. The lowest BCUT2D eigenvalue weighted by Crippen LogP contribution is -2.40. The summed E-state index contributed by atoms with van der Waals surface area (Å²) in [7, 11) is 0. The van der Waals surface area contributed by atoms with Crippen LogP contribution < -0.4 is 14.9 Å². The molecular weight excluding hydrogens is 526 g/mol. The summed E-state index contributed by atoms with van der Waals surface area (Å²) in [5.74, 6) is -0.234. The molecule has 4 aromatic rings. The SMILES string of the molecule is CCOC(=O)C1=C(c2ccccc2)N=c2s/c(=C\c3cccc([N+](=O)[O-])c3)c(=O)n2[C@@H]1c1ccc(C(C)C)cc1. The standard InChI is InChI=1S/C31H27N3O5S/c1-4-39-30(36)26-27(22-10-6-5-7-11-22)32-31-33(28(26)23-15-13-21(14-16-23)19(2)3)29(35)25(40-31)18-20-9-8-12-24(17-20)34(37)38/h5-19,28H,4H2,1-3H3/b25-18-/t28-/m1/s1. The van der Waals surface area contributed by atoms with E-state index in [9.17, 15) is 19.7 Å². The van der Waals surface area contributed by atoms with Crippen molar-refractivity contribution in [3.63, 3.8) is 0 Å². The van der Waals surface area contributed by atoms with Crippen molar-refractivity contribution >= 4 is 34.8 Å². The molecule has 0 spiro atoms. The van der Waals surface area contributed by atoms with Crippen LogP contribution in [-0.2, 0) is 9.53 Å². The molecule has 0 bridgehead atoms. The molecule has 40 heavy (non-hydrogen) atoms. The van der Waals surface area contributed by atoms with E-state index in [0.29, 0.717) is 26.5 Å². The first kappa shape index (κ1) is 27.0. The van der Waals surface area contributed by atoms with Crippen molar-refractivity contribution in [3.05, 3.63) is 136 Å². The number of aromatic nitrogens is 1. The number of nitro groups is 1. The number of hydrogen-bond acceptors (Lipinski definition) is 7. The Balaban J connectivity index is 1.80. The van der Waals surface area contributed by atoms with Crippen LogP contribution in [0.4, 0.5) is 5.69 Å². The van der Waals surface area contributed by atoms with E-state index in [2.05, 4.69) is 13.8 Å². The second kappa shape index (κ2) is 11.2. The molecular formula is C31H27N3O5S. The molecule has 5 rings (SSSR count). The third-order valence-electron chi connectivity index (χ3n) is 6.67. The Bertz CT molecular complexity index is 1800. The highest BCUT2D eigenvalue weighted by Gasteiger charge is 2.35. The van der Waals surface area contributed by atoms with E-state index in [4.69, 9.17) is 9.73 Å². The van der Waals surface area contributed by atoms with E-state index >= 15 is 0 Å². The van der Waals surface area contributed by atoms with Gasteiger partial charge in [0.05, 0.1) is 33.4 Å². The van der Waals surface area contributed by atoms with Crippen LogP contribution in [0.3, 0.4) is 0 Å². The predicted molar refractivity (Wildman–Crippen MR) is 155 cm³/mol. The van der Waals surface area contributed by atoms with Gasteiger partial charge in [-0.3, -0.25) is 19.5 Å². The average Bonchev–Trinajstić information content (AvgIpc) is 3.27. The van der Waals surface area contributed by atoms with E-state index in [-0.39, 0.29) is 23.4 Å². The normalized spacial score (nSPS) is 15.1. The van der Waals surface area contributed by atoms with Crippen molar-refractivity contribution in [1.29, 1.82) is 0 Å². The molecule has 9 heteroatoms. The number of esters is 1. The summed E-state index contributed by atoms with van der Waals surface area (Å²) < 4.78 is 7.37. The maximum atomic E-state index is 13.9. The number of nitro benzene ring substituents is 1. The van der Waals surface area contributed by atoms with Crippen molar-refractivity contribution < 1.29 is 14.5 Å². The quantitative estimate of drug-likeness (QED) is 0.183. The molecule has 0 saturated heterocycles. The first-order chi connectivity index (χ1) is 19.3. The number of non-ortho nitro benzene ring substituents is 1. The van der Waals surface area contributed by atoms with Gasteiger partial charge in [-0.05, 0) is 35.6 Å². The van der Waals surface area contributed by atoms with Crippen LogP contribution in [0.5, 0.6) is 0 Å². The minimum Gasteiger partial charge on any atom is -0.463 e. The molecule has 1 aliphatic heterocycles. The Morgan fingerprint density at radius 3 is 2.48 bits per heavy atom. The lowest BCUT2D eigenvalue weighted by atomic mass is 9.91. The summed E-state index contributed by atoms with van der Waals surface area (Å²) in [5, 5.41) is 11.3. The smallest absolute Gasteiger partial charge is 0.338 e. The molecule has 0 saturated carbocycles. The topological polar surface area (TPSA) is 104 Å². The van der Waals surface area contributed by atoms with Crippen molar-refractivity contribution in [3.8, 4) is 0 Å². The van der Waals surface area contributed by atoms with E-state index in [1.165, 1.54) is 28.0 Å². The number of benzene rings is 3. The molecule has 0 unspecified atom stereocenters. The lowest BCUT2D eigenvalue weighted by molar-refractivity contribution is -0.384. The Hall–Kier alpha value is -4.63. The predicted octanol–water partition coefficient (Wildman–Crippen LogP) is 4.97. The average molecular weight is 554 g/mol. The molecule has 3 aromatic carbocycles. The number of thiazole rings is 1. The lowest BCUT2D eigenvalue weighted by Gasteiger charge is -2.26. The summed E-state index contributed by atoms with van der Waals surface area (Å²) >= 11 is 1.18. The minimum atomic E-state index is -0.779. The molecule has 202 valence electrons. The number of hydrogen-bond donors (Lipinski definition) is 0. The van der Waals surface area contributed by atoms with Gasteiger partial charge in [0, 0.05) is 17.7 Å². The first-order valence-electron chi connectivity index (χ1n) is 12.9. The highest BCUT2D eigenvalue weighted by atomic mass is 32.1. The summed E-state index contributed by atoms with van der Waals surface area (Å²) in [6, 6.07) is 22.5. The van der Waals surface area contributed by atoms with Crippen LogP contribution in [0.1, 0.15) is 55.0 Å². The van der Waals surface area contributed by atoms with Crippen LogP contribution >= 0.6 is 11.3 Å². The van der Waals surface area contributed by atoms with Crippen molar-refractivity contribution in [1.82, 2.24) is 4.57 Å². The van der Waals surface area contributed by atoms with E-state index < -0.39 is 16.9 Å². The minimum absolute atomic E-state index is 0.0689. The van der Waals surface area contributed by atoms with Crippen LogP contribution in [0, 0.1) is 10.1 Å². The van der Waals surface area contributed by atoms with Gasteiger partial charge in [-0.25, -0.2) is 9.79 Å². The Morgan fingerprint density at radius 1 is 1.10 bits per heavy atom. The highest BCUT2D eigenvalue weighted by Crippen LogP contribution is 2.35. The molecule has 1 aliphatic rings. The van der Waals surface area contributed by atoms with Gasteiger partial charge in [0.25, 0.3) is 11.2 Å². The maximum absolute atomic E-state index is 13.9. The number of rotatable bonds is 7. The van der Waals surface area contributed by atoms with Crippen LogP contribution in [0.2, 0.25) is 0 Å². The summed E-state index contributed by atoms with van der Waals surface area (Å²) in [6.45, 7) is 6.11. The highest BCUT2D eigenvalue weighted by molar-refractivity contribution is 7.07. The largest absolute Gasteiger partial charge is 0.463 e. The molecule has 1 atom stereocenters. The molecule has 2 heterocycles. The van der Waals surface area contributed by atoms with Crippen LogP contribution in [0.15, 0.2) is 94.2 Å². The zero-order valence-electron chi connectivity index (χ0n) is 22.2. The second-order valence-electron chi connectivity index (χ2n) is 9.60. The number of nitrogens with zero attached hydrogens (tertiary/aromatic N) is 3. The molecule has 0 aliphatic carbocycles. The van der Waals surface area contributed by atoms with E-state index in [0.717, 1.165) is 16.7 Å². The molecule has 0 amide bonds. The summed E-state index contributed by atoms with van der Waals surface area (Å²) in [5.41, 5.74) is 3.43. The van der Waals surface area contributed by atoms with Crippen LogP contribution in [-0.4, -0.2) is 22.1 Å². The molecule has 0 radical (unpaired) electrons. The van der Waals surface area contributed by atoms with Gasteiger partial charge in [0.15, 0.2) is 4.80 Å². The van der Waals surface area contributed by atoms with Gasteiger partial charge >= 0.3 is 5.97 Å². The van der Waals surface area contributed by atoms with Gasteiger partial charge in [-0.2, -0.15) is 0 Å². The second-order valence-corrected chi connectivity index (χ2v) is 10.6. The van der Waals surface area contributed by atoms with Crippen molar-refractivity contribution in [2.45, 2.75) is 32.7 Å². The third-order valence-corrected chi connectivity index (χ3v) is 7.65. The molecule has 8 nitrogen and oxygen atoms in total. The molecule has 0 N–H and O–H groups in total. The fourth-order valence-corrected chi connectivity index (χ4v) is 5.70. The monoisotopic (exact) mass is 553 g/mol. The van der Waals surface area contributed by atoms with Gasteiger partial charge in [0.1, 0.15) is 0 Å². The molecule has 0 fully saturated rings. The third kappa shape index (κ3) is 5.15. The zero-order valence-corrected chi connectivity index (χ0v) is 23.1. The van der Waals surface area contributed by atoms with Gasteiger partial charge in [0.2, 0.25) is 0 Å². The number of carbonyl (C=O) groups excluding carboxylic acids is 1. The summed E-state index contributed by atoms with van der Waals surface area (Å²) in [4.78, 5) is 43.5. The van der Waals surface area contributed by atoms with Gasteiger partial charge < -0.3 is 4.74 Å². The Labute approximate surface area is 234 Å². The molecule has 1 aromatic heterocycles. The number of fused-ring (bicyclic) bond motifs is 1. The fourth-order valence-electron chi connectivity index (χ4n) is 4.70. The zero-order chi connectivity index (χ0) is 28.4. The Morgan fingerprint density at radius 2 is 1.82 bits per heavy atom. The van der Waals surface area contributed by atoms with Gasteiger partial charge in [-0.15, -0.1) is 0 Å². The number of ether oxygens (including phenoxy) is 1. The van der Waals surface area contributed by atoms with E-state index in [1.807, 2.05) is 54.6 Å². The first-order valence-corrected chi connectivity index (χ1v) is 13.7. The van der Waals surface area contributed by atoms with Crippen molar-refractivity contribution in [2.75, 3.05) is 6.61 Å². The summed E-state index contributed by atoms with van der Waals surface area (Å²) in [6.07, 6.45) is 1.62. The fraction of sp³-hybridized carbons (Fsp3) is 0.194. The van der Waals surface area contributed by atoms with E-state index in [1.54, 1.807) is 25.1 Å². The Kier molecular flexibility index (Phi) is 7.57. The van der Waals surface area contributed by atoms with Gasteiger partial charge in [-0.1, -0.05) is 91.9 Å². The van der Waals surface area contributed by atoms with Crippen molar-refractivity contribution in [2.24, 2.45) is 4.99 Å².